The molecule has 2 N–H and O–H groups in total. The van der Waals surface area contributed by atoms with Gasteiger partial charge in [-0.1, -0.05) is 13.8 Å². The highest BCUT2D eigenvalue weighted by Gasteiger charge is 2.42. The summed E-state index contributed by atoms with van der Waals surface area (Å²) in [5.41, 5.74) is -0.204. The van der Waals surface area contributed by atoms with Crippen LogP contribution in [-0.2, 0) is 9.59 Å². The van der Waals surface area contributed by atoms with Gasteiger partial charge in [-0.05, 0) is 12.8 Å². The molecule has 1 rings (SSSR count). The van der Waals surface area contributed by atoms with Gasteiger partial charge in [-0.15, -0.1) is 0 Å². The minimum atomic E-state index is -0.204. The molecule has 0 unspecified atom stereocenters. The number of nitrogens with one attached hydrogen (secondary N) is 1. The van der Waals surface area contributed by atoms with Crippen LogP contribution < -0.4 is 5.32 Å². The van der Waals surface area contributed by atoms with Gasteiger partial charge in [0.15, 0.2) is 0 Å². The molecule has 1 amide bonds. The summed E-state index contributed by atoms with van der Waals surface area (Å²) in [5.74, 6) is 0.0376. The molecule has 1 aliphatic carbocycles. The molecule has 1 fully saturated rings. The lowest BCUT2D eigenvalue weighted by molar-refractivity contribution is -0.124. The Bertz CT molecular complexity index is 198. The van der Waals surface area contributed by atoms with Crippen molar-refractivity contribution in [3.05, 3.63) is 0 Å². The Morgan fingerprint density at radius 3 is 2.29 bits per heavy atom. The Morgan fingerprint density at radius 1 is 1.50 bits per heavy atom. The zero-order valence-electron chi connectivity index (χ0n) is 9.04. The van der Waals surface area contributed by atoms with E-state index in [1.807, 2.05) is 13.8 Å². The molecule has 0 saturated heterocycles. The monoisotopic (exact) mass is 201 g/mol. The second-order valence-corrected chi connectivity index (χ2v) is 3.85. The fraction of sp³-hybridized carbons (Fsp3) is 0.800. The first-order valence-corrected chi connectivity index (χ1v) is 4.78. The molecule has 0 heterocycles. The van der Waals surface area contributed by atoms with Crippen molar-refractivity contribution >= 4 is 12.2 Å². The van der Waals surface area contributed by atoms with Crippen molar-refractivity contribution in [1.82, 2.24) is 5.32 Å². The van der Waals surface area contributed by atoms with Crippen molar-refractivity contribution in [3.63, 3.8) is 0 Å². The smallest absolute Gasteiger partial charge is 0.222 e. The number of hydrogen-bond acceptors (Lipinski definition) is 3. The van der Waals surface area contributed by atoms with Crippen LogP contribution in [0.1, 0.15) is 26.7 Å². The maximum absolute atomic E-state index is 11.1. The fourth-order valence-corrected chi connectivity index (χ4v) is 0.964. The average molecular weight is 201 g/mol. The van der Waals surface area contributed by atoms with Crippen molar-refractivity contribution in [1.29, 1.82) is 0 Å². The van der Waals surface area contributed by atoms with E-state index in [4.69, 9.17) is 5.11 Å². The molecule has 0 atom stereocenters. The highest BCUT2D eigenvalue weighted by Crippen LogP contribution is 2.42. The SMILES string of the molecule is CC(C)C(=O)NCC1(C=O)CC1.CO. The Labute approximate surface area is 84.7 Å². The van der Waals surface area contributed by atoms with Gasteiger partial charge < -0.3 is 15.2 Å². The molecule has 1 saturated carbocycles. The molecule has 1 aliphatic rings. The van der Waals surface area contributed by atoms with Crippen LogP contribution in [0.5, 0.6) is 0 Å². The van der Waals surface area contributed by atoms with Crippen LogP contribution in [0.3, 0.4) is 0 Å². The van der Waals surface area contributed by atoms with Crippen LogP contribution in [0, 0.1) is 11.3 Å². The number of aldehydes is 1. The largest absolute Gasteiger partial charge is 0.400 e. The summed E-state index contributed by atoms with van der Waals surface area (Å²) in [6, 6.07) is 0. The summed E-state index contributed by atoms with van der Waals surface area (Å²) in [4.78, 5) is 21.6. The number of carbonyl (C=O) groups is 2. The standard InChI is InChI=1S/C9H15NO2.CH4O/c1-7(2)8(12)10-5-9(6-11)3-4-9;1-2/h6-7H,3-5H2,1-2H3,(H,10,12);2H,1H3. The molecule has 14 heavy (non-hydrogen) atoms. The predicted octanol–water partition coefficient (Wildman–Crippen LogP) is 0.346. The lowest BCUT2D eigenvalue weighted by Gasteiger charge is -2.10. The summed E-state index contributed by atoms with van der Waals surface area (Å²) in [5, 5.41) is 9.77. The van der Waals surface area contributed by atoms with Crippen molar-refractivity contribution in [3.8, 4) is 0 Å². The molecule has 0 bridgehead atoms. The Balaban J connectivity index is 0.000000791. The molecule has 4 nitrogen and oxygen atoms in total. The van der Waals surface area contributed by atoms with Gasteiger partial charge in [-0.2, -0.15) is 0 Å². The first-order valence-electron chi connectivity index (χ1n) is 4.78. The summed E-state index contributed by atoms with van der Waals surface area (Å²) in [7, 11) is 1.00. The fourth-order valence-electron chi connectivity index (χ4n) is 0.964. The molecule has 0 aromatic carbocycles. The van der Waals surface area contributed by atoms with Gasteiger partial charge in [0.25, 0.3) is 0 Å². The summed E-state index contributed by atoms with van der Waals surface area (Å²) < 4.78 is 0. The molecule has 0 aliphatic heterocycles. The third-order valence-electron chi connectivity index (χ3n) is 2.28. The summed E-state index contributed by atoms with van der Waals surface area (Å²) in [6.07, 6.45) is 2.82. The highest BCUT2D eigenvalue weighted by molar-refractivity contribution is 5.78. The van der Waals surface area contributed by atoms with Gasteiger partial charge in [0.2, 0.25) is 5.91 Å². The molecule has 0 aromatic rings. The van der Waals surface area contributed by atoms with E-state index in [9.17, 15) is 9.59 Å². The maximum atomic E-state index is 11.1. The van der Waals surface area contributed by atoms with Gasteiger partial charge in [-0.25, -0.2) is 0 Å². The van der Waals surface area contributed by atoms with Crippen LogP contribution >= 0.6 is 0 Å². The highest BCUT2D eigenvalue weighted by atomic mass is 16.2. The molecule has 4 heteroatoms. The van der Waals surface area contributed by atoms with Gasteiger partial charge in [0.05, 0.1) is 0 Å². The van der Waals surface area contributed by atoms with E-state index in [-0.39, 0.29) is 17.2 Å². The van der Waals surface area contributed by atoms with Gasteiger partial charge in [-0.3, -0.25) is 4.79 Å². The van der Waals surface area contributed by atoms with E-state index in [2.05, 4.69) is 5.32 Å². The normalized spacial score (nSPS) is 16.6. The number of aliphatic hydroxyl groups excluding tert-OH is 1. The first kappa shape index (κ1) is 13.1. The lowest BCUT2D eigenvalue weighted by atomic mass is 10.1. The second kappa shape index (κ2) is 5.75. The number of hydrogen-bond donors (Lipinski definition) is 2. The number of aliphatic hydroxyl groups is 1. The van der Waals surface area contributed by atoms with Crippen molar-refractivity contribution < 1.29 is 14.7 Å². The van der Waals surface area contributed by atoms with Crippen LogP contribution in [0.15, 0.2) is 0 Å². The van der Waals surface area contributed by atoms with Gasteiger partial charge in [0.1, 0.15) is 6.29 Å². The molecule has 0 aromatic heterocycles. The van der Waals surface area contributed by atoms with E-state index in [1.54, 1.807) is 0 Å². The molecule has 82 valence electrons. The average Bonchev–Trinajstić information content (AvgIpc) is 2.98. The summed E-state index contributed by atoms with van der Waals surface area (Å²) >= 11 is 0. The predicted molar refractivity (Wildman–Crippen MR) is 53.7 cm³/mol. The molecule has 0 radical (unpaired) electrons. The van der Waals surface area contributed by atoms with Crippen molar-refractivity contribution in [2.24, 2.45) is 11.3 Å². The van der Waals surface area contributed by atoms with Crippen LogP contribution in [0.4, 0.5) is 0 Å². The molecular formula is C10H19NO3. The zero-order valence-corrected chi connectivity index (χ0v) is 9.04. The van der Waals surface area contributed by atoms with E-state index in [0.717, 1.165) is 26.2 Å². The summed E-state index contributed by atoms with van der Waals surface area (Å²) in [6.45, 7) is 4.21. The zero-order chi connectivity index (χ0) is 11.2. The quantitative estimate of drug-likeness (QED) is 0.645. The third kappa shape index (κ3) is 3.87. The van der Waals surface area contributed by atoms with Gasteiger partial charge >= 0.3 is 0 Å². The van der Waals surface area contributed by atoms with Gasteiger partial charge in [0, 0.05) is 25.0 Å². The number of carbonyl (C=O) groups excluding carboxylic acids is 2. The van der Waals surface area contributed by atoms with E-state index in [1.165, 1.54) is 0 Å². The van der Waals surface area contributed by atoms with Crippen molar-refractivity contribution in [2.75, 3.05) is 13.7 Å². The van der Waals surface area contributed by atoms with E-state index < -0.39 is 0 Å². The Kier molecular flexibility index (Phi) is 5.38. The molecule has 0 spiro atoms. The first-order chi connectivity index (χ1) is 6.59. The molecular weight excluding hydrogens is 182 g/mol. The number of rotatable bonds is 4. The van der Waals surface area contributed by atoms with Crippen LogP contribution in [0.25, 0.3) is 0 Å². The minimum absolute atomic E-state index is 0.00690. The lowest BCUT2D eigenvalue weighted by Crippen LogP contribution is -2.33. The maximum Gasteiger partial charge on any atom is 0.222 e. The minimum Gasteiger partial charge on any atom is -0.400 e. The topological polar surface area (TPSA) is 66.4 Å². The van der Waals surface area contributed by atoms with Crippen LogP contribution in [-0.4, -0.2) is 31.0 Å². The third-order valence-corrected chi connectivity index (χ3v) is 2.28. The Morgan fingerprint density at radius 2 is 2.00 bits per heavy atom. The number of amides is 1. The Hall–Kier alpha value is -0.900. The van der Waals surface area contributed by atoms with E-state index >= 15 is 0 Å². The van der Waals surface area contributed by atoms with Crippen LogP contribution in [0.2, 0.25) is 0 Å². The van der Waals surface area contributed by atoms with Crippen molar-refractivity contribution in [2.45, 2.75) is 26.7 Å². The second-order valence-electron chi connectivity index (χ2n) is 3.85. The van der Waals surface area contributed by atoms with E-state index in [0.29, 0.717) is 6.54 Å².